The minimum atomic E-state index is -0.778. The SMILES string of the molecule is O=C(O)[C@H](c1cccs1)N1CCOCC1. The molecule has 2 rings (SSSR count). The van der Waals surface area contributed by atoms with Crippen LogP contribution in [0, 0.1) is 0 Å². The topological polar surface area (TPSA) is 49.8 Å². The lowest BCUT2D eigenvalue weighted by atomic mass is 10.2. The van der Waals surface area contributed by atoms with Crippen molar-refractivity contribution in [3.63, 3.8) is 0 Å². The van der Waals surface area contributed by atoms with E-state index in [0.29, 0.717) is 26.3 Å². The van der Waals surface area contributed by atoms with Crippen LogP contribution < -0.4 is 0 Å². The molecule has 0 aliphatic carbocycles. The van der Waals surface area contributed by atoms with Gasteiger partial charge < -0.3 is 9.84 Å². The zero-order chi connectivity index (χ0) is 10.7. The van der Waals surface area contributed by atoms with E-state index in [2.05, 4.69) is 0 Å². The smallest absolute Gasteiger partial charge is 0.326 e. The molecule has 1 aromatic heterocycles. The molecule has 0 saturated carbocycles. The number of aliphatic carboxylic acids is 1. The maximum absolute atomic E-state index is 11.2. The lowest BCUT2D eigenvalue weighted by molar-refractivity contribution is -0.145. The molecule has 1 aliphatic rings. The molecule has 5 heteroatoms. The van der Waals surface area contributed by atoms with Crippen molar-refractivity contribution in [1.82, 2.24) is 4.90 Å². The second-order valence-electron chi connectivity index (χ2n) is 3.40. The number of carboxylic acid groups (broad SMARTS) is 1. The van der Waals surface area contributed by atoms with Gasteiger partial charge in [-0.1, -0.05) is 6.07 Å². The van der Waals surface area contributed by atoms with Crippen LogP contribution in [0.15, 0.2) is 17.5 Å². The largest absolute Gasteiger partial charge is 0.480 e. The average molecular weight is 227 g/mol. The fourth-order valence-electron chi connectivity index (χ4n) is 1.74. The van der Waals surface area contributed by atoms with Crippen LogP contribution >= 0.6 is 11.3 Å². The predicted octanol–water partition coefficient (Wildman–Crippen LogP) is 1.21. The molecule has 0 amide bonds. The van der Waals surface area contributed by atoms with Gasteiger partial charge in [0.2, 0.25) is 0 Å². The Bertz CT molecular complexity index is 319. The van der Waals surface area contributed by atoms with Crippen molar-refractivity contribution in [2.45, 2.75) is 6.04 Å². The molecule has 1 atom stereocenters. The van der Waals surface area contributed by atoms with Crippen LogP contribution in [-0.4, -0.2) is 42.3 Å². The molecule has 15 heavy (non-hydrogen) atoms. The van der Waals surface area contributed by atoms with Crippen LogP contribution in [0.2, 0.25) is 0 Å². The molecule has 1 aromatic rings. The summed E-state index contributed by atoms with van der Waals surface area (Å²) < 4.78 is 5.22. The first kappa shape index (κ1) is 10.6. The number of carbonyl (C=O) groups is 1. The molecule has 0 aromatic carbocycles. The van der Waals surface area contributed by atoms with Gasteiger partial charge in [-0.15, -0.1) is 11.3 Å². The first-order valence-electron chi connectivity index (χ1n) is 4.87. The third-order valence-corrected chi connectivity index (χ3v) is 3.38. The fraction of sp³-hybridized carbons (Fsp3) is 0.500. The highest BCUT2D eigenvalue weighted by Crippen LogP contribution is 2.25. The number of hydrogen-bond donors (Lipinski definition) is 1. The normalized spacial score (nSPS) is 20.0. The molecule has 0 spiro atoms. The van der Waals surface area contributed by atoms with Crippen molar-refractivity contribution in [1.29, 1.82) is 0 Å². The Kier molecular flexibility index (Phi) is 3.35. The molecule has 4 nitrogen and oxygen atoms in total. The van der Waals surface area contributed by atoms with Gasteiger partial charge in [-0.2, -0.15) is 0 Å². The van der Waals surface area contributed by atoms with Gasteiger partial charge in [0.25, 0.3) is 0 Å². The van der Waals surface area contributed by atoms with Gasteiger partial charge in [0.15, 0.2) is 0 Å². The lowest BCUT2D eigenvalue weighted by Gasteiger charge is -2.31. The van der Waals surface area contributed by atoms with Crippen molar-refractivity contribution in [3.8, 4) is 0 Å². The summed E-state index contributed by atoms with van der Waals surface area (Å²) in [6.07, 6.45) is 0. The van der Waals surface area contributed by atoms with E-state index in [4.69, 9.17) is 4.74 Å². The summed E-state index contributed by atoms with van der Waals surface area (Å²) in [6.45, 7) is 2.62. The summed E-state index contributed by atoms with van der Waals surface area (Å²) in [5, 5.41) is 11.1. The van der Waals surface area contributed by atoms with Gasteiger partial charge in [-0.05, 0) is 11.4 Å². The first-order valence-corrected chi connectivity index (χ1v) is 5.75. The molecule has 0 radical (unpaired) electrons. The Balaban J connectivity index is 2.15. The van der Waals surface area contributed by atoms with Crippen molar-refractivity contribution in [3.05, 3.63) is 22.4 Å². The van der Waals surface area contributed by atoms with Crippen LogP contribution in [0.25, 0.3) is 0 Å². The number of carboxylic acids is 1. The van der Waals surface area contributed by atoms with Gasteiger partial charge in [-0.3, -0.25) is 9.69 Å². The fourth-order valence-corrected chi connectivity index (χ4v) is 2.59. The van der Waals surface area contributed by atoms with Gasteiger partial charge in [-0.25, -0.2) is 0 Å². The second-order valence-corrected chi connectivity index (χ2v) is 4.38. The molecule has 82 valence electrons. The molecule has 1 fully saturated rings. The van der Waals surface area contributed by atoms with Crippen molar-refractivity contribution in [2.24, 2.45) is 0 Å². The van der Waals surface area contributed by atoms with Gasteiger partial charge in [0.1, 0.15) is 6.04 Å². The molecule has 2 heterocycles. The van der Waals surface area contributed by atoms with E-state index in [1.807, 2.05) is 22.4 Å². The number of ether oxygens (including phenoxy) is 1. The second kappa shape index (κ2) is 4.74. The van der Waals surface area contributed by atoms with Gasteiger partial charge in [0.05, 0.1) is 13.2 Å². The molecule has 1 aliphatic heterocycles. The lowest BCUT2D eigenvalue weighted by Crippen LogP contribution is -2.41. The van der Waals surface area contributed by atoms with E-state index in [1.165, 1.54) is 11.3 Å². The van der Waals surface area contributed by atoms with E-state index in [9.17, 15) is 9.90 Å². The number of morpholine rings is 1. The molecular weight excluding hydrogens is 214 g/mol. The molecule has 1 N–H and O–H groups in total. The maximum atomic E-state index is 11.2. The van der Waals surface area contributed by atoms with Crippen molar-refractivity contribution < 1.29 is 14.6 Å². The number of thiophene rings is 1. The zero-order valence-electron chi connectivity index (χ0n) is 8.26. The van der Waals surface area contributed by atoms with E-state index >= 15 is 0 Å². The summed E-state index contributed by atoms with van der Waals surface area (Å²) in [4.78, 5) is 14.1. The average Bonchev–Trinajstić information content (AvgIpc) is 2.72. The van der Waals surface area contributed by atoms with Gasteiger partial charge in [0, 0.05) is 18.0 Å². The summed E-state index contributed by atoms with van der Waals surface area (Å²) in [5.41, 5.74) is 0. The molecule has 1 saturated heterocycles. The molecule has 0 unspecified atom stereocenters. The van der Waals surface area contributed by atoms with Crippen LogP contribution in [0.4, 0.5) is 0 Å². The maximum Gasteiger partial charge on any atom is 0.326 e. The van der Waals surface area contributed by atoms with Crippen LogP contribution in [0.3, 0.4) is 0 Å². The first-order chi connectivity index (χ1) is 7.29. The standard InChI is InChI=1S/C10H13NO3S/c12-10(13)9(8-2-1-7-15-8)11-3-5-14-6-4-11/h1-2,7,9H,3-6H2,(H,12,13)/t9-/m0/s1. The number of rotatable bonds is 3. The molecular formula is C10H13NO3S. The van der Waals surface area contributed by atoms with Crippen molar-refractivity contribution in [2.75, 3.05) is 26.3 Å². The number of nitrogens with zero attached hydrogens (tertiary/aromatic N) is 1. The highest BCUT2D eigenvalue weighted by atomic mass is 32.1. The molecule has 0 bridgehead atoms. The van der Waals surface area contributed by atoms with E-state index < -0.39 is 12.0 Å². The Morgan fingerprint density at radius 2 is 2.27 bits per heavy atom. The summed E-state index contributed by atoms with van der Waals surface area (Å²) >= 11 is 1.49. The number of hydrogen-bond acceptors (Lipinski definition) is 4. The van der Waals surface area contributed by atoms with E-state index in [-0.39, 0.29) is 0 Å². The Labute approximate surface area is 92.1 Å². The third kappa shape index (κ3) is 2.37. The quantitative estimate of drug-likeness (QED) is 0.843. The van der Waals surface area contributed by atoms with Crippen LogP contribution in [-0.2, 0) is 9.53 Å². The highest BCUT2D eigenvalue weighted by molar-refractivity contribution is 7.10. The van der Waals surface area contributed by atoms with Crippen LogP contribution in [0.1, 0.15) is 10.9 Å². The summed E-state index contributed by atoms with van der Waals surface area (Å²) in [6, 6.07) is 3.25. The van der Waals surface area contributed by atoms with Crippen molar-refractivity contribution >= 4 is 17.3 Å². The van der Waals surface area contributed by atoms with E-state index in [0.717, 1.165) is 4.88 Å². The Morgan fingerprint density at radius 1 is 1.53 bits per heavy atom. The minimum Gasteiger partial charge on any atom is -0.480 e. The third-order valence-electron chi connectivity index (χ3n) is 2.46. The van der Waals surface area contributed by atoms with Crippen LogP contribution in [0.5, 0.6) is 0 Å². The highest BCUT2D eigenvalue weighted by Gasteiger charge is 2.29. The Hall–Kier alpha value is -0.910. The predicted molar refractivity (Wildman–Crippen MR) is 57.1 cm³/mol. The Morgan fingerprint density at radius 3 is 2.80 bits per heavy atom. The monoisotopic (exact) mass is 227 g/mol. The summed E-state index contributed by atoms with van der Waals surface area (Å²) in [7, 11) is 0. The summed E-state index contributed by atoms with van der Waals surface area (Å²) in [5.74, 6) is -0.778. The van der Waals surface area contributed by atoms with Gasteiger partial charge >= 0.3 is 5.97 Å². The zero-order valence-corrected chi connectivity index (χ0v) is 9.07. The van der Waals surface area contributed by atoms with E-state index in [1.54, 1.807) is 0 Å². The minimum absolute atomic E-state index is 0.506.